The molecule has 0 saturated heterocycles. The molecule has 1 aromatic carbocycles. The molecule has 0 aliphatic heterocycles. The number of rotatable bonds is 3. The normalized spacial score (nSPS) is 10.0. The Bertz CT molecular complexity index is 380. The first-order chi connectivity index (χ1) is 7.58. The summed E-state index contributed by atoms with van der Waals surface area (Å²) in [5.41, 5.74) is 0.195. The number of amides is 2. The van der Waals surface area contributed by atoms with Gasteiger partial charge >= 0.3 is 6.03 Å². The van der Waals surface area contributed by atoms with Gasteiger partial charge in [0, 0.05) is 17.6 Å². The highest BCUT2D eigenvalue weighted by Crippen LogP contribution is 2.19. The topological polar surface area (TPSA) is 32.3 Å². The van der Waals surface area contributed by atoms with Crippen molar-refractivity contribution in [1.82, 2.24) is 4.90 Å². The van der Waals surface area contributed by atoms with E-state index < -0.39 is 5.82 Å². The predicted octanol–water partition coefficient (Wildman–Crippen LogP) is 3.46. The van der Waals surface area contributed by atoms with Crippen molar-refractivity contribution < 1.29 is 9.18 Å². The second-order valence-corrected chi connectivity index (χ2v) is 4.14. The number of nitrogens with zero attached hydrogens (tertiary/aromatic N) is 1. The number of hydrogen-bond donors (Lipinski definition) is 1. The summed E-state index contributed by atoms with van der Waals surface area (Å²) in [5.74, 6) is -0.449. The third kappa shape index (κ3) is 3.20. The first kappa shape index (κ1) is 13.0. The van der Waals surface area contributed by atoms with Gasteiger partial charge in [0.1, 0.15) is 5.82 Å². The molecule has 0 heterocycles. The zero-order valence-corrected chi connectivity index (χ0v) is 10.8. The monoisotopic (exact) mass is 288 g/mol. The number of carbonyl (C=O) groups is 1. The number of hydrogen-bond acceptors (Lipinski definition) is 1. The van der Waals surface area contributed by atoms with Gasteiger partial charge in [-0.15, -0.1) is 0 Å². The Hall–Kier alpha value is -1.10. The van der Waals surface area contributed by atoms with Gasteiger partial charge in [0.2, 0.25) is 0 Å². The third-order valence-electron chi connectivity index (χ3n) is 2.22. The minimum absolute atomic E-state index is 0.195. The lowest BCUT2D eigenvalue weighted by Gasteiger charge is -2.19. The molecular weight excluding hydrogens is 275 g/mol. The molecule has 88 valence electrons. The lowest BCUT2D eigenvalue weighted by atomic mass is 10.3. The summed E-state index contributed by atoms with van der Waals surface area (Å²) in [7, 11) is 0. The van der Waals surface area contributed by atoms with E-state index in [4.69, 9.17) is 0 Å². The summed E-state index contributed by atoms with van der Waals surface area (Å²) in [6.45, 7) is 4.95. The highest BCUT2D eigenvalue weighted by Gasteiger charge is 2.11. The van der Waals surface area contributed by atoms with E-state index in [0.29, 0.717) is 17.6 Å². The molecule has 0 saturated carbocycles. The van der Waals surface area contributed by atoms with Gasteiger partial charge in [-0.25, -0.2) is 9.18 Å². The molecule has 5 heteroatoms. The van der Waals surface area contributed by atoms with Crippen LogP contribution < -0.4 is 5.32 Å². The Kier molecular flexibility index (Phi) is 4.73. The molecule has 1 rings (SSSR count). The molecule has 0 aromatic heterocycles. The molecule has 0 unspecified atom stereocenters. The van der Waals surface area contributed by atoms with Crippen LogP contribution in [0, 0.1) is 5.82 Å². The number of benzene rings is 1. The van der Waals surface area contributed by atoms with Crippen LogP contribution in [-0.4, -0.2) is 24.0 Å². The Morgan fingerprint density at radius 3 is 2.56 bits per heavy atom. The van der Waals surface area contributed by atoms with Crippen LogP contribution in [0.15, 0.2) is 22.7 Å². The fourth-order valence-corrected chi connectivity index (χ4v) is 1.63. The Labute approximate surface area is 103 Å². The highest BCUT2D eigenvalue weighted by molar-refractivity contribution is 9.10. The van der Waals surface area contributed by atoms with Crippen LogP contribution in [-0.2, 0) is 0 Å². The fraction of sp³-hybridized carbons (Fsp3) is 0.364. The maximum absolute atomic E-state index is 13.4. The van der Waals surface area contributed by atoms with Crippen molar-refractivity contribution >= 4 is 27.6 Å². The fourth-order valence-electron chi connectivity index (χ4n) is 1.30. The van der Waals surface area contributed by atoms with Gasteiger partial charge in [0.25, 0.3) is 0 Å². The van der Waals surface area contributed by atoms with Crippen molar-refractivity contribution in [2.45, 2.75) is 13.8 Å². The zero-order chi connectivity index (χ0) is 12.1. The van der Waals surface area contributed by atoms with Crippen LogP contribution >= 0.6 is 15.9 Å². The largest absolute Gasteiger partial charge is 0.325 e. The van der Waals surface area contributed by atoms with Crippen molar-refractivity contribution in [2.24, 2.45) is 0 Å². The minimum Gasteiger partial charge on any atom is -0.325 e. The quantitative estimate of drug-likeness (QED) is 0.908. The molecule has 0 bridgehead atoms. The van der Waals surface area contributed by atoms with Gasteiger partial charge in [-0.05, 0) is 32.0 Å². The smallest absolute Gasteiger partial charge is 0.321 e. The molecule has 1 N–H and O–H groups in total. The van der Waals surface area contributed by atoms with E-state index in [1.165, 1.54) is 12.1 Å². The van der Waals surface area contributed by atoms with Gasteiger partial charge in [-0.1, -0.05) is 15.9 Å². The van der Waals surface area contributed by atoms with Crippen molar-refractivity contribution in [2.75, 3.05) is 18.4 Å². The SMILES string of the molecule is CCN(CC)C(=O)Nc1ccc(Br)cc1F. The van der Waals surface area contributed by atoms with Gasteiger partial charge in [0.15, 0.2) is 0 Å². The van der Waals surface area contributed by atoms with Crippen LogP contribution in [0.25, 0.3) is 0 Å². The Morgan fingerprint density at radius 2 is 2.06 bits per heavy atom. The molecule has 1 aromatic rings. The van der Waals surface area contributed by atoms with Crippen LogP contribution in [0.5, 0.6) is 0 Å². The van der Waals surface area contributed by atoms with Crippen LogP contribution in [0.3, 0.4) is 0 Å². The molecular formula is C11H14BrFN2O. The molecule has 0 aliphatic rings. The molecule has 3 nitrogen and oxygen atoms in total. The number of nitrogens with one attached hydrogen (secondary N) is 1. The Morgan fingerprint density at radius 1 is 1.44 bits per heavy atom. The van der Waals surface area contributed by atoms with Crippen LogP contribution in [0.1, 0.15) is 13.8 Å². The summed E-state index contributed by atoms with van der Waals surface area (Å²) in [5, 5.41) is 2.53. The second-order valence-electron chi connectivity index (χ2n) is 3.23. The average molecular weight is 289 g/mol. The number of halogens is 2. The lowest BCUT2D eigenvalue weighted by Crippen LogP contribution is -2.34. The molecule has 2 amide bonds. The Balaban J connectivity index is 2.76. The number of carbonyl (C=O) groups excluding carboxylic acids is 1. The van der Waals surface area contributed by atoms with Gasteiger partial charge < -0.3 is 10.2 Å². The van der Waals surface area contributed by atoms with Crippen molar-refractivity contribution in [3.8, 4) is 0 Å². The van der Waals surface area contributed by atoms with E-state index >= 15 is 0 Å². The van der Waals surface area contributed by atoms with E-state index in [0.717, 1.165) is 0 Å². The first-order valence-corrected chi connectivity index (χ1v) is 5.88. The minimum atomic E-state index is -0.449. The highest BCUT2D eigenvalue weighted by atomic mass is 79.9. The zero-order valence-electron chi connectivity index (χ0n) is 9.26. The molecule has 0 spiro atoms. The van der Waals surface area contributed by atoms with Crippen LogP contribution in [0.4, 0.5) is 14.9 Å². The summed E-state index contributed by atoms with van der Waals surface area (Å²) in [4.78, 5) is 13.2. The van der Waals surface area contributed by atoms with Gasteiger partial charge in [-0.3, -0.25) is 0 Å². The lowest BCUT2D eigenvalue weighted by molar-refractivity contribution is 0.217. The first-order valence-electron chi connectivity index (χ1n) is 5.09. The molecule has 0 atom stereocenters. The van der Waals surface area contributed by atoms with Gasteiger partial charge in [0.05, 0.1) is 5.69 Å². The number of urea groups is 1. The van der Waals surface area contributed by atoms with Crippen molar-refractivity contribution in [1.29, 1.82) is 0 Å². The van der Waals surface area contributed by atoms with E-state index in [9.17, 15) is 9.18 Å². The second kappa shape index (κ2) is 5.84. The van der Waals surface area contributed by atoms with E-state index in [2.05, 4.69) is 21.2 Å². The van der Waals surface area contributed by atoms with Gasteiger partial charge in [-0.2, -0.15) is 0 Å². The summed E-state index contributed by atoms with van der Waals surface area (Å²) in [6.07, 6.45) is 0. The van der Waals surface area contributed by atoms with E-state index in [1.54, 1.807) is 11.0 Å². The maximum Gasteiger partial charge on any atom is 0.321 e. The van der Waals surface area contributed by atoms with E-state index in [-0.39, 0.29) is 11.7 Å². The summed E-state index contributed by atoms with van der Waals surface area (Å²) < 4.78 is 14.1. The molecule has 0 aliphatic carbocycles. The number of anilines is 1. The summed E-state index contributed by atoms with van der Waals surface area (Å²) in [6, 6.07) is 4.24. The maximum atomic E-state index is 13.4. The van der Waals surface area contributed by atoms with Crippen molar-refractivity contribution in [3.63, 3.8) is 0 Å². The molecule has 0 radical (unpaired) electrons. The van der Waals surface area contributed by atoms with Crippen LogP contribution in [0.2, 0.25) is 0 Å². The average Bonchev–Trinajstić information content (AvgIpc) is 2.24. The van der Waals surface area contributed by atoms with Crippen molar-refractivity contribution in [3.05, 3.63) is 28.5 Å². The summed E-state index contributed by atoms with van der Waals surface area (Å²) >= 11 is 3.16. The molecule has 0 fully saturated rings. The molecule has 16 heavy (non-hydrogen) atoms. The predicted molar refractivity (Wildman–Crippen MR) is 66.0 cm³/mol. The third-order valence-corrected chi connectivity index (χ3v) is 2.72. The van der Waals surface area contributed by atoms with E-state index in [1.807, 2.05) is 13.8 Å². The standard InChI is InChI=1S/C11H14BrFN2O/c1-3-15(4-2)11(16)14-10-6-5-8(12)7-9(10)13/h5-7H,3-4H2,1-2H3,(H,14,16).